The standard InChI is InChI=1S/C54H33N3S/c1-7-20-44-37(14-1)38-15-2-8-21-45(38)55(44)35-29-30-36(51(33-35)57-46-22-9-3-16-39(46)40-17-4-10-23-47(40)57)34-28-31-49-43(32-34)41-18-5-11-24-48(41)56(49)50-25-13-27-53-54(50)42-19-6-12-26-52(42)58-53/h1-33H. The van der Waals surface area contributed by atoms with Crippen LogP contribution in [0.3, 0.4) is 0 Å². The molecule has 3 nitrogen and oxygen atoms in total. The summed E-state index contributed by atoms with van der Waals surface area (Å²) in [4.78, 5) is 0. The van der Waals surface area contributed by atoms with Crippen molar-refractivity contribution in [1.29, 1.82) is 0 Å². The van der Waals surface area contributed by atoms with Gasteiger partial charge in [0.05, 0.1) is 44.5 Å². The minimum atomic E-state index is 1.13. The summed E-state index contributed by atoms with van der Waals surface area (Å²) in [5.41, 5.74) is 13.1. The van der Waals surface area contributed by atoms with Gasteiger partial charge in [-0.1, -0.05) is 127 Å². The molecule has 0 unspecified atom stereocenters. The Balaban J connectivity index is 1.11. The van der Waals surface area contributed by atoms with Crippen molar-refractivity contribution in [2.45, 2.75) is 0 Å². The fraction of sp³-hybridized carbons (Fsp3) is 0. The van der Waals surface area contributed by atoms with E-state index in [9.17, 15) is 0 Å². The Morgan fingerprint density at radius 3 is 1.36 bits per heavy atom. The Hall–Kier alpha value is -7.40. The van der Waals surface area contributed by atoms with Crippen molar-refractivity contribution in [1.82, 2.24) is 13.7 Å². The number of rotatable bonds is 4. The van der Waals surface area contributed by atoms with E-state index in [1.54, 1.807) is 0 Å². The first-order valence-electron chi connectivity index (χ1n) is 19.9. The van der Waals surface area contributed by atoms with Gasteiger partial charge in [0.2, 0.25) is 0 Å². The average Bonchev–Trinajstić information content (AvgIpc) is 4.03. The van der Waals surface area contributed by atoms with Crippen LogP contribution < -0.4 is 0 Å². The number of aromatic nitrogens is 3. The zero-order valence-corrected chi connectivity index (χ0v) is 32.1. The van der Waals surface area contributed by atoms with Crippen molar-refractivity contribution in [3.63, 3.8) is 0 Å². The molecule has 9 aromatic carbocycles. The SMILES string of the molecule is c1ccc2c(c1)sc1cccc(-n3c4ccccc4c4cc(-c5ccc(-n6c7ccccc7c7ccccc76)cc5-n5c6ccccc6c6ccccc65)ccc43)c12. The summed E-state index contributed by atoms with van der Waals surface area (Å²) in [5, 5.41) is 10.1. The molecule has 0 N–H and O–H groups in total. The van der Waals surface area contributed by atoms with Gasteiger partial charge in [-0.25, -0.2) is 0 Å². The van der Waals surface area contributed by atoms with Crippen molar-refractivity contribution < 1.29 is 0 Å². The second kappa shape index (κ2) is 12.1. The van der Waals surface area contributed by atoms with Crippen LogP contribution in [0, 0.1) is 0 Å². The third-order valence-electron chi connectivity index (χ3n) is 12.2. The van der Waals surface area contributed by atoms with E-state index in [2.05, 4.69) is 214 Å². The van der Waals surface area contributed by atoms with Crippen LogP contribution in [0.4, 0.5) is 0 Å². The van der Waals surface area contributed by atoms with Gasteiger partial charge in [0.25, 0.3) is 0 Å². The molecular weight excluding hydrogens is 723 g/mol. The molecule has 13 aromatic rings. The highest BCUT2D eigenvalue weighted by Crippen LogP contribution is 2.44. The van der Waals surface area contributed by atoms with Gasteiger partial charge in [-0.15, -0.1) is 11.3 Å². The molecule has 4 heteroatoms. The first-order chi connectivity index (χ1) is 28.8. The molecule has 0 atom stereocenters. The molecule has 0 fully saturated rings. The first kappa shape index (κ1) is 31.8. The van der Waals surface area contributed by atoms with E-state index in [-0.39, 0.29) is 0 Å². The molecular formula is C54H33N3S. The maximum absolute atomic E-state index is 2.48. The van der Waals surface area contributed by atoms with Crippen LogP contribution in [0.25, 0.3) is 114 Å². The fourth-order valence-corrected chi connectivity index (χ4v) is 10.9. The summed E-state index contributed by atoms with van der Waals surface area (Å²) < 4.78 is 10.0. The summed E-state index contributed by atoms with van der Waals surface area (Å²) in [6.45, 7) is 0. The number of benzene rings is 9. The van der Waals surface area contributed by atoms with Gasteiger partial charge >= 0.3 is 0 Å². The lowest BCUT2D eigenvalue weighted by atomic mass is 10.00. The Morgan fingerprint density at radius 1 is 0.293 bits per heavy atom. The molecule has 0 aliphatic rings. The minimum Gasteiger partial charge on any atom is -0.309 e. The van der Waals surface area contributed by atoms with Crippen LogP contribution in [0.2, 0.25) is 0 Å². The Kier molecular flexibility index (Phi) is 6.60. The van der Waals surface area contributed by atoms with Crippen molar-refractivity contribution in [2.75, 3.05) is 0 Å². The molecule has 0 radical (unpaired) electrons. The molecule has 4 aromatic heterocycles. The van der Waals surface area contributed by atoms with Gasteiger partial charge in [-0.3, -0.25) is 0 Å². The van der Waals surface area contributed by atoms with Gasteiger partial charge in [-0.05, 0) is 78.4 Å². The van der Waals surface area contributed by atoms with E-state index in [1.807, 2.05) is 11.3 Å². The second-order valence-electron chi connectivity index (χ2n) is 15.3. The number of hydrogen-bond donors (Lipinski definition) is 0. The quantitative estimate of drug-likeness (QED) is 0.170. The van der Waals surface area contributed by atoms with Crippen molar-refractivity contribution in [2.24, 2.45) is 0 Å². The van der Waals surface area contributed by atoms with Crippen molar-refractivity contribution >= 4 is 96.9 Å². The zero-order valence-electron chi connectivity index (χ0n) is 31.3. The molecule has 0 spiro atoms. The molecule has 270 valence electrons. The molecule has 0 saturated heterocycles. The van der Waals surface area contributed by atoms with Crippen LogP contribution in [0.5, 0.6) is 0 Å². The third-order valence-corrected chi connectivity index (χ3v) is 13.4. The number of thiophene rings is 1. The molecule has 0 saturated carbocycles. The highest BCUT2D eigenvalue weighted by Gasteiger charge is 2.21. The molecule has 13 rings (SSSR count). The van der Waals surface area contributed by atoms with Crippen LogP contribution in [-0.2, 0) is 0 Å². The maximum atomic E-state index is 2.48. The van der Waals surface area contributed by atoms with Gasteiger partial charge in [0.15, 0.2) is 0 Å². The van der Waals surface area contributed by atoms with E-state index >= 15 is 0 Å². The predicted octanol–water partition coefficient (Wildman–Crippen LogP) is 15.0. The summed E-state index contributed by atoms with van der Waals surface area (Å²) in [6.07, 6.45) is 0. The Labute approximate surface area is 337 Å². The lowest BCUT2D eigenvalue weighted by Gasteiger charge is -2.18. The van der Waals surface area contributed by atoms with Crippen LogP contribution in [0.1, 0.15) is 0 Å². The van der Waals surface area contributed by atoms with Gasteiger partial charge in [0, 0.05) is 63.7 Å². The van der Waals surface area contributed by atoms with Crippen LogP contribution in [-0.4, -0.2) is 13.7 Å². The minimum absolute atomic E-state index is 1.13. The van der Waals surface area contributed by atoms with Gasteiger partial charge < -0.3 is 13.7 Å². The number of fused-ring (bicyclic) bond motifs is 12. The first-order valence-corrected chi connectivity index (χ1v) is 20.7. The van der Waals surface area contributed by atoms with E-state index in [4.69, 9.17) is 0 Å². The molecule has 0 bridgehead atoms. The third kappa shape index (κ3) is 4.38. The van der Waals surface area contributed by atoms with Gasteiger partial charge in [-0.2, -0.15) is 0 Å². The Bertz CT molecular complexity index is 3710. The normalized spacial score (nSPS) is 12.1. The van der Waals surface area contributed by atoms with Crippen LogP contribution in [0.15, 0.2) is 200 Å². The highest BCUT2D eigenvalue weighted by atomic mass is 32.1. The molecule has 58 heavy (non-hydrogen) atoms. The summed E-state index contributed by atoms with van der Waals surface area (Å²) >= 11 is 1.87. The fourth-order valence-electron chi connectivity index (χ4n) is 9.81. The monoisotopic (exact) mass is 755 g/mol. The predicted molar refractivity (Wildman–Crippen MR) is 248 cm³/mol. The van der Waals surface area contributed by atoms with E-state index in [0.717, 1.165) is 11.4 Å². The molecule has 0 aliphatic heterocycles. The summed E-state index contributed by atoms with van der Waals surface area (Å²) in [6, 6.07) is 73.8. The Morgan fingerprint density at radius 2 is 0.759 bits per heavy atom. The number of nitrogens with zero attached hydrogens (tertiary/aromatic N) is 3. The number of hydrogen-bond acceptors (Lipinski definition) is 1. The zero-order chi connectivity index (χ0) is 37.9. The smallest absolute Gasteiger partial charge is 0.0561 e. The number of para-hydroxylation sites is 5. The topological polar surface area (TPSA) is 14.8 Å². The summed E-state index contributed by atoms with van der Waals surface area (Å²) in [5.74, 6) is 0. The maximum Gasteiger partial charge on any atom is 0.0561 e. The molecule has 0 amide bonds. The molecule has 0 aliphatic carbocycles. The highest BCUT2D eigenvalue weighted by molar-refractivity contribution is 7.25. The van der Waals surface area contributed by atoms with Crippen molar-refractivity contribution in [3.8, 4) is 28.2 Å². The van der Waals surface area contributed by atoms with Crippen LogP contribution >= 0.6 is 11.3 Å². The van der Waals surface area contributed by atoms with Gasteiger partial charge in [0.1, 0.15) is 0 Å². The average molecular weight is 756 g/mol. The lowest BCUT2D eigenvalue weighted by Crippen LogP contribution is -2.01. The largest absolute Gasteiger partial charge is 0.309 e. The molecule has 4 heterocycles. The van der Waals surface area contributed by atoms with E-state index < -0.39 is 0 Å². The second-order valence-corrected chi connectivity index (χ2v) is 16.4. The summed E-state index contributed by atoms with van der Waals surface area (Å²) in [7, 11) is 0. The van der Waals surface area contributed by atoms with E-state index in [1.165, 1.54) is 102 Å². The lowest BCUT2D eigenvalue weighted by molar-refractivity contribution is 1.14. The van der Waals surface area contributed by atoms with Crippen molar-refractivity contribution in [3.05, 3.63) is 200 Å². The van der Waals surface area contributed by atoms with E-state index in [0.29, 0.717) is 0 Å².